The Bertz CT molecular complexity index is 930. The number of carbonyl (C=O) groups excluding carboxylic acids is 1. The van der Waals surface area contributed by atoms with E-state index in [4.69, 9.17) is 4.98 Å². The van der Waals surface area contributed by atoms with Gasteiger partial charge >= 0.3 is 0 Å². The molecule has 0 radical (unpaired) electrons. The second-order valence-corrected chi connectivity index (χ2v) is 10.0. The van der Waals surface area contributed by atoms with Gasteiger partial charge in [0.05, 0.1) is 10.4 Å². The van der Waals surface area contributed by atoms with Crippen LogP contribution in [-0.4, -0.2) is 45.9 Å². The topological polar surface area (TPSA) is 82.2 Å². The van der Waals surface area contributed by atoms with Crippen molar-refractivity contribution >= 4 is 39.3 Å². The Morgan fingerprint density at radius 1 is 1.22 bits per heavy atom. The first-order chi connectivity index (χ1) is 15.5. The lowest BCUT2D eigenvalue weighted by atomic mass is 10.0. The van der Waals surface area contributed by atoms with Crippen molar-refractivity contribution in [3.63, 3.8) is 0 Å². The molecule has 1 aromatic heterocycles. The third-order valence-corrected chi connectivity index (χ3v) is 6.72. The molecule has 2 aliphatic rings. The first-order valence-electron chi connectivity index (χ1n) is 11.7. The van der Waals surface area contributed by atoms with Gasteiger partial charge in [0.15, 0.2) is 0 Å². The largest absolute Gasteiger partial charge is 0.365 e. The fourth-order valence-corrected chi connectivity index (χ4v) is 4.92. The first-order valence-corrected chi connectivity index (χ1v) is 12.4. The van der Waals surface area contributed by atoms with E-state index in [1.807, 2.05) is 19.9 Å². The molecule has 2 heterocycles. The number of halogens is 1. The fraction of sp³-hybridized carbons (Fsp3) is 0.542. The minimum Gasteiger partial charge on any atom is -0.365 e. The van der Waals surface area contributed by atoms with Crippen LogP contribution in [0.1, 0.15) is 51.5 Å². The minimum atomic E-state index is -0.0436. The molecule has 1 saturated heterocycles. The third kappa shape index (κ3) is 5.98. The first kappa shape index (κ1) is 23.0. The number of hydrogen-bond donors (Lipinski definition) is 3. The summed E-state index contributed by atoms with van der Waals surface area (Å²) in [6, 6.07) is 8.65. The van der Waals surface area contributed by atoms with Gasteiger partial charge in [-0.25, -0.2) is 4.98 Å². The van der Waals surface area contributed by atoms with Crippen LogP contribution in [0.5, 0.6) is 0 Å². The molecule has 2 fully saturated rings. The van der Waals surface area contributed by atoms with Crippen molar-refractivity contribution in [1.29, 1.82) is 0 Å². The van der Waals surface area contributed by atoms with Crippen LogP contribution >= 0.6 is 15.9 Å². The Morgan fingerprint density at radius 2 is 2.03 bits per heavy atom. The van der Waals surface area contributed by atoms with Crippen LogP contribution < -0.4 is 16.0 Å². The number of nitrogens with zero attached hydrogens (tertiary/aromatic N) is 3. The number of nitrogens with one attached hydrogen (secondary N) is 3. The average molecular weight is 501 g/mol. The van der Waals surface area contributed by atoms with E-state index >= 15 is 0 Å². The number of amides is 1. The van der Waals surface area contributed by atoms with E-state index < -0.39 is 0 Å². The summed E-state index contributed by atoms with van der Waals surface area (Å²) in [5.41, 5.74) is 2.27. The van der Waals surface area contributed by atoms with Crippen LogP contribution in [0, 0.1) is 5.92 Å². The van der Waals surface area contributed by atoms with E-state index in [0.717, 1.165) is 36.0 Å². The Balaban J connectivity index is 1.43. The van der Waals surface area contributed by atoms with Gasteiger partial charge in [0.1, 0.15) is 5.82 Å². The van der Waals surface area contributed by atoms with Crippen LogP contribution in [0.4, 0.5) is 17.5 Å². The van der Waals surface area contributed by atoms with Crippen molar-refractivity contribution in [3.05, 3.63) is 40.5 Å². The van der Waals surface area contributed by atoms with Crippen molar-refractivity contribution in [2.24, 2.45) is 5.92 Å². The lowest BCUT2D eigenvalue weighted by Gasteiger charge is -2.23. The molecule has 7 nitrogen and oxygen atoms in total. The molecule has 1 aliphatic carbocycles. The molecule has 1 aliphatic heterocycles. The predicted molar refractivity (Wildman–Crippen MR) is 132 cm³/mol. The lowest BCUT2D eigenvalue weighted by molar-refractivity contribution is -0.125. The van der Waals surface area contributed by atoms with Crippen LogP contribution in [0.3, 0.4) is 0 Å². The molecule has 0 spiro atoms. The standard InChI is InChI=1S/C24H33BrN6O/c1-16(2)27-23(32)19-9-6-10-21(19)29-22-20(25)14-26-24(30-22)28-18-8-5-7-17(13-18)15-31-11-3-4-12-31/h5,7-8,13-14,16,19,21H,3-4,6,9-12,15H2,1-2H3,(H,27,32)(H2,26,28,29,30)/t19-,21+/m0/s1. The van der Waals surface area contributed by atoms with Gasteiger partial charge < -0.3 is 16.0 Å². The van der Waals surface area contributed by atoms with Gasteiger partial charge in [-0.05, 0) is 86.2 Å². The summed E-state index contributed by atoms with van der Waals surface area (Å²) in [5.74, 6) is 1.33. The molecule has 1 amide bonds. The number of aromatic nitrogens is 2. The van der Waals surface area contributed by atoms with Crippen LogP contribution in [-0.2, 0) is 11.3 Å². The maximum atomic E-state index is 12.6. The summed E-state index contributed by atoms with van der Waals surface area (Å²) in [6.07, 6.45) is 7.22. The summed E-state index contributed by atoms with van der Waals surface area (Å²) < 4.78 is 0.792. The summed E-state index contributed by atoms with van der Waals surface area (Å²) in [4.78, 5) is 24.2. The normalized spacial score (nSPS) is 21.1. The van der Waals surface area contributed by atoms with Gasteiger partial charge in [0.25, 0.3) is 0 Å². The van der Waals surface area contributed by atoms with Crippen LogP contribution in [0.25, 0.3) is 0 Å². The third-order valence-electron chi connectivity index (χ3n) is 6.14. The molecule has 2 aromatic rings. The molecule has 1 aromatic carbocycles. The van der Waals surface area contributed by atoms with Gasteiger partial charge in [-0.15, -0.1) is 0 Å². The Kier molecular flexibility index (Phi) is 7.63. The monoisotopic (exact) mass is 500 g/mol. The highest BCUT2D eigenvalue weighted by Gasteiger charge is 2.33. The summed E-state index contributed by atoms with van der Waals surface area (Å²) in [7, 11) is 0. The van der Waals surface area contributed by atoms with Gasteiger partial charge in [0, 0.05) is 30.5 Å². The molecule has 172 valence electrons. The van der Waals surface area contributed by atoms with Crippen molar-refractivity contribution in [1.82, 2.24) is 20.2 Å². The lowest BCUT2D eigenvalue weighted by Crippen LogP contribution is -2.41. The van der Waals surface area contributed by atoms with Crippen LogP contribution in [0.2, 0.25) is 0 Å². The highest BCUT2D eigenvalue weighted by Crippen LogP contribution is 2.31. The second kappa shape index (κ2) is 10.6. The van der Waals surface area contributed by atoms with Crippen molar-refractivity contribution in [2.45, 2.75) is 64.6 Å². The number of likely N-dealkylation sites (tertiary alicyclic amines) is 1. The molecule has 8 heteroatoms. The van der Waals surface area contributed by atoms with E-state index in [9.17, 15) is 4.79 Å². The molecule has 0 bridgehead atoms. The molecule has 1 saturated carbocycles. The Labute approximate surface area is 198 Å². The summed E-state index contributed by atoms with van der Waals surface area (Å²) >= 11 is 3.56. The molecule has 4 rings (SSSR count). The Morgan fingerprint density at radius 3 is 2.81 bits per heavy atom. The second-order valence-electron chi connectivity index (χ2n) is 9.15. The van der Waals surface area contributed by atoms with E-state index in [2.05, 4.69) is 60.0 Å². The summed E-state index contributed by atoms with van der Waals surface area (Å²) in [6.45, 7) is 7.33. The average Bonchev–Trinajstić information content (AvgIpc) is 3.42. The zero-order valence-corrected chi connectivity index (χ0v) is 20.5. The number of benzene rings is 1. The molecule has 3 N–H and O–H groups in total. The van der Waals surface area contributed by atoms with Crippen LogP contribution in [0.15, 0.2) is 34.9 Å². The van der Waals surface area contributed by atoms with Gasteiger partial charge in [-0.3, -0.25) is 9.69 Å². The zero-order valence-electron chi connectivity index (χ0n) is 18.9. The highest BCUT2D eigenvalue weighted by molar-refractivity contribution is 9.10. The maximum Gasteiger partial charge on any atom is 0.229 e. The maximum absolute atomic E-state index is 12.6. The van der Waals surface area contributed by atoms with Gasteiger partial charge in [-0.1, -0.05) is 18.6 Å². The van der Waals surface area contributed by atoms with Gasteiger partial charge in [0.2, 0.25) is 11.9 Å². The van der Waals surface area contributed by atoms with Crippen molar-refractivity contribution in [2.75, 3.05) is 23.7 Å². The fourth-order valence-electron chi connectivity index (χ4n) is 4.62. The quantitative estimate of drug-likeness (QED) is 0.487. The van der Waals surface area contributed by atoms with E-state index in [-0.39, 0.29) is 23.9 Å². The molecule has 32 heavy (non-hydrogen) atoms. The number of carbonyl (C=O) groups is 1. The number of anilines is 3. The highest BCUT2D eigenvalue weighted by atomic mass is 79.9. The number of rotatable bonds is 8. The van der Waals surface area contributed by atoms with E-state index in [1.54, 1.807) is 6.20 Å². The smallest absolute Gasteiger partial charge is 0.229 e. The van der Waals surface area contributed by atoms with Crippen molar-refractivity contribution < 1.29 is 4.79 Å². The predicted octanol–water partition coefficient (Wildman–Crippen LogP) is 4.68. The molecular formula is C24H33BrN6O. The molecular weight excluding hydrogens is 468 g/mol. The van der Waals surface area contributed by atoms with Crippen molar-refractivity contribution in [3.8, 4) is 0 Å². The SMILES string of the molecule is CC(C)NC(=O)[C@H]1CCC[C@H]1Nc1nc(Nc2cccc(CN3CCCC3)c2)ncc1Br. The minimum absolute atomic E-state index is 0.0436. The number of hydrogen-bond acceptors (Lipinski definition) is 6. The summed E-state index contributed by atoms with van der Waals surface area (Å²) in [5, 5.41) is 9.89. The molecule has 0 unspecified atom stereocenters. The zero-order chi connectivity index (χ0) is 22.5. The molecule has 2 atom stereocenters. The van der Waals surface area contributed by atoms with Gasteiger partial charge in [-0.2, -0.15) is 4.98 Å². The van der Waals surface area contributed by atoms with E-state index in [1.165, 1.54) is 31.5 Å². The Hall–Kier alpha value is -2.19. The van der Waals surface area contributed by atoms with E-state index in [0.29, 0.717) is 11.8 Å².